The second-order valence-corrected chi connectivity index (χ2v) is 6.98. The predicted molar refractivity (Wildman–Crippen MR) is 106 cm³/mol. The Morgan fingerprint density at radius 1 is 1.04 bits per heavy atom. The van der Waals surface area contributed by atoms with E-state index in [0.717, 1.165) is 11.3 Å². The maximum Gasteiger partial charge on any atom is 0.420 e. The summed E-state index contributed by atoms with van der Waals surface area (Å²) in [7, 11) is 0. The van der Waals surface area contributed by atoms with Crippen LogP contribution in [0, 0.1) is 29.6 Å². The summed E-state index contributed by atoms with van der Waals surface area (Å²) in [6.45, 7) is 2.06. The van der Waals surface area contributed by atoms with Crippen molar-refractivity contribution in [3.8, 4) is 29.4 Å². The van der Waals surface area contributed by atoms with Gasteiger partial charge in [0.15, 0.2) is 0 Å². The van der Waals surface area contributed by atoms with Crippen molar-refractivity contribution in [1.29, 1.82) is 0 Å². The number of ether oxygens (including phenoxy) is 2. The average Bonchev–Trinajstić information content (AvgIpc) is 3.48. The van der Waals surface area contributed by atoms with Gasteiger partial charge >= 0.3 is 6.09 Å². The standard InChI is InChI=1S/C24H17NO3/c1-17-11-5-2-3-8-16-21-22-24(17,28-22)19-14-9-10-15-20(19)25(21)23(26)27-18-12-6-4-7-13-18/h2-4,6-7,9-10,12-15,17,21-22H,1H3/b3-2+/t17-,21+,22-,24+/m1/s1. The fourth-order valence-corrected chi connectivity index (χ4v) is 4.06. The number of hydrogen-bond donors (Lipinski definition) is 0. The molecule has 4 atom stereocenters. The molecule has 3 aliphatic rings. The minimum atomic E-state index is -0.544. The molecule has 2 bridgehead atoms. The van der Waals surface area contributed by atoms with Crippen LogP contribution in [-0.2, 0) is 10.3 Å². The number of amides is 1. The lowest BCUT2D eigenvalue weighted by Crippen LogP contribution is -2.50. The first kappa shape index (κ1) is 16.7. The zero-order valence-electron chi connectivity index (χ0n) is 15.3. The molecule has 4 nitrogen and oxygen atoms in total. The molecular weight excluding hydrogens is 350 g/mol. The molecule has 2 heterocycles. The Morgan fingerprint density at radius 3 is 2.57 bits per heavy atom. The summed E-state index contributed by atoms with van der Waals surface area (Å²) < 4.78 is 11.9. The Hall–Kier alpha value is -3.47. The number of fused-ring (bicyclic) bond motifs is 1. The lowest BCUT2D eigenvalue weighted by Gasteiger charge is -2.35. The highest BCUT2D eigenvalue weighted by atomic mass is 16.6. The highest BCUT2D eigenvalue weighted by Crippen LogP contribution is 2.60. The van der Waals surface area contributed by atoms with E-state index in [1.807, 2.05) is 42.5 Å². The molecule has 5 rings (SSSR count). The van der Waals surface area contributed by atoms with Gasteiger partial charge in [-0.15, -0.1) is 0 Å². The number of epoxide rings is 1. The SMILES string of the molecule is C[C@@H]1C#C/C=C/C#C[C@H]2[C@H]3O[C@]13c1ccccc1N2C(=O)Oc1ccccc1. The molecule has 1 fully saturated rings. The van der Waals surface area contributed by atoms with E-state index in [9.17, 15) is 4.79 Å². The monoisotopic (exact) mass is 367 g/mol. The first-order chi connectivity index (χ1) is 13.7. The minimum absolute atomic E-state index is 0.0296. The van der Waals surface area contributed by atoms with E-state index in [4.69, 9.17) is 9.47 Å². The van der Waals surface area contributed by atoms with Crippen LogP contribution in [0.1, 0.15) is 12.5 Å². The van der Waals surface area contributed by atoms with E-state index < -0.39 is 17.7 Å². The maximum absolute atomic E-state index is 13.2. The van der Waals surface area contributed by atoms with Gasteiger partial charge in [-0.3, -0.25) is 4.90 Å². The molecule has 0 unspecified atom stereocenters. The topological polar surface area (TPSA) is 42.1 Å². The normalized spacial score (nSPS) is 29.6. The van der Waals surface area contributed by atoms with Gasteiger partial charge in [0.05, 0.1) is 11.6 Å². The number of allylic oxidation sites excluding steroid dienone is 2. The van der Waals surface area contributed by atoms with E-state index in [1.165, 1.54) is 0 Å². The third kappa shape index (κ3) is 2.43. The van der Waals surface area contributed by atoms with Gasteiger partial charge in [-0.1, -0.05) is 60.1 Å². The van der Waals surface area contributed by atoms with Crippen molar-refractivity contribution in [2.24, 2.45) is 5.92 Å². The second-order valence-electron chi connectivity index (χ2n) is 6.98. The first-order valence-electron chi connectivity index (χ1n) is 9.22. The van der Waals surface area contributed by atoms with E-state index in [-0.39, 0.29) is 12.0 Å². The van der Waals surface area contributed by atoms with Crippen LogP contribution in [0.4, 0.5) is 10.5 Å². The van der Waals surface area contributed by atoms with E-state index >= 15 is 0 Å². The van der Waals surface area contributed by atoms with Gasteiger partial charge in [0.2, 0.25) is 0 Å². The number of anilines is 1. The van der Waals surface area contributed by atoms with Gasteiger partial charge in [0, 0.05) is 5.56 Å². The molecule has 0 aromatic heterocycles. The van der Waals surface area contributed by atoms with Crippen LogP contribution in [0.3, 0.4) is 0 Å². The molecule has 136 valence electrons. The van der Waals surface area contributed by atoms with Crippen LogP contribution >= 0.6 is 0 Å². The summed E-state index contributed by atoms with van der Waals surface area (Å²) in [5.41, 5.74) is 1.17. The summed E-state index contributed by atoms with van der Waals surface area (Å²) in [5.74, 6) is 12.9. The predicted octanol–water partition coefficient (Wildman–Crippen LogP) is 3.88. The van der Waals surface area contributed by atoms with Gasteiger partial charge in [-0.2, -0.15) is 0 Å². The zero-order valence-corrected chi connectivity index (χ0v) is 15.3. The fourth-order valence-electron chi connectivity index (χ4n) is 4.06. The summed E-state index contributed by atoms with van der Waals surface area (Å²) in [5, 5.41) is 0. The van der Waals surface area contributed by atoms with E-state index in [1.54, 1.807) is 29.2 Å². The number of carbonyl (C=O) groups excluding carboxylic acids is 1. The Labute approximate surface area is 163 Å². The molecule has 2 aromatic carbocycles. The Kier molecular flexibility index (Phi) is 3.76. The van der Waals surface area contributed by atoms with Crippen LogP contribution < -0.4 is 9.64 Å². The van der Waals surface area contributed by atoms with Crippen LogP contribution in [0.5, 0.6) is 5.75 Å². The fraction of sp³-hybridized carbons (Fsp3) is 0.208. The van der Waals surface area contributed by atoms with Crippen LogP contribution in [-0.4, -0.2) is 18.2 Å². The van der Waals surface area contributed by atoms with E-state index in [2.05, 4.69) is 30.6 Å². The van der Waals surface area contributed by atoms with Crippen LogP contribution in [0.2, 0.25) is 0 Å². The van der Waals surface area contributed by atoms with Gasteiger partial charge < -0.3 is 9.47 Å². The van der Waals surface area contributed by atoms with Gasteiger partial charge in [-0.05, 0) is 37.3 Å². The lowest BCUT2D eigenvalue weighted by atomic mass is 9.78. The Bertz CT molecular complexity index is 1100. The molecule has 0 radical (unpaired) electrons. The van der Waals surface area contributed by atoms with Crippen molar-refractivity contribution in [3.63, 3.8) is 0 Å². The average molecular weight is 367 g/mol. The molecule has 0 spiro atoms. The molecule has 0 saturated carbocycles. The van der Waals surface area contributed by atoms with E-state index in [0.29, 0.717) is 5.75 Å². The van der Waals surface area contributed by atoms with Crippen molar-refractivity contribution in [1.82, 2.24) is 0 Å². The smallest absolute Gasteiger partial charge is 0.410 e. The first-order valence-corrected chi connectivity index (χ1v) is 9.22. The molecule has 2 aliphatic heterocycles. The largest absolute Gasteiger partial charge is 0.420 e. The third-order valence-electron chi connectivity index (χ3n) is 5.41. The molecule has 1 aliphatic carbocycles. The highest BCUT2D eigenvalue weighted by Gasteiger charge is 2.69. The van der Waals surface area contributed by atoms with Gasteiger partial charge in [0.1, 0.15) is 23.5 Å². The summed E-state index contributed by atoms with van der Waals surface area (Å²) in [6.07, 6.45) is 2.73. The number of nitrogens with zero attached hydrogens (tertiary/aromatic N) is 1. The summed E-state index contributed by atoms with van der Waals surface area (Å²) in [4.78, 5) is 14.8. The number of para-hydroxylation sites is 2. The van der Waals surface area contributed by atoms with Crippen molar-refractivity contribution in [2.45, 2.75) is 24.7 Å². The van der Waals surface area contributed by atoms with Gasteiger partial charge in [-0.25, -0.2) is 4.79 Å². The second kappa shape index (κ2) is 6.30. The van der Waals surface area contributed by atoms with Gasteiger partial charge in [0.25, 0.3) is 0 Å². The van der Waals surface area contributed by atoms with Crippen molar-refractivity contribution < 1.29 is 14.3 Å². The molecule has 1 amide bonds. The van der Waals surface area contributed by atoms with Crippen LogP contribution in [0.15, 0.2) is 66.7 Å². The maximum atomic E-state index is 13.2. The zero-order chi connectivity index (χ0) is 19.1. The Morgan fingerprint density at radius 2 is 1.75 bits per heavy atom. The number of rotatable bonds is 1. The number of carbonyl (C=O) groups is 1. The lowest BCUT2D eigenvalue weighted by molar-refractivity contribution is 0.204. The quantitative estimate of drug-likeness (QED) is 0.567. The third-order valence-corrected chi connectivity index (χ3v) is 5.41. The number of hydrogen-bond acceptors (Lipinski definition) is 3. The molecule has 4 heteroatoms. The number of benzene rings is 2. The van der Waals surface area contributed by atoms with Crippen molar-refractivity contribution >= 4 is 11.8 Å². The van der Waals surface area contributed by atoms with Crippen LogP contribution in [0.25, 0.3) is 0 Å². The minimum Gasteiger partial charge on any atom is -0.410 e. The van der Waals surface area contributed by atoms with Crippen molar-refractivity contribution in [3.05, 3.63) is 72.3 Å². The summed E-state index contributed by atoms with van der Waals surface area (Å²) >= 11 is 0. The van der Waals surface area contributed by atoms with Crippen molar-refractivity contribution in [2.75, 3.05) is 4.90 Å². The molecule has 0 N–H and O–H groups in total. The summed E-state index contributed by atoms with van der Waals surface area (Å²) in [6, 6.07) is 16.4. The Balaban J connectivity index is 1.63. The molecule has 2 aromatic rings. The molecule has 28 heavy (non-hydrogen) atoms. The molecule has 1 saturated heterocycles. The highest BCUT2D eigenvalue weighted by molar-refractivity contribution is 5.93. The molecular formula is C24H17NO3.